The fourth-order valence-corrected chi connectivity index (χ4v) is 4.02. The second-order valence-corrected chi connectivity index (χ2v) is 11.3. The second-order valence-electron chi connectivity index (χ2n) is 11.3. The van der Waals surface area contributed by atoms with Crippen LogP contribution >= 0.6 is 0 Å². The number of fused-ring (bicyclic) bond motifs is 2. The van der Waals surface area contributed by atoms with Crippen LogP contribution in [0, 0.1) is 0 Å². The SMILES string of the molecule is CC(C)(C)c1ccc2oc(/C=C\c3ccc(/C=C\c4nc5cc(C(C)(C)C)ccc5o4)cc3)nc2c1. The van der Waals surface area contributed by atoms with Crippen LogP contribution < -0.4 is 0 Å². The van der Waals surface area contributed by atoms with Gasteiger partial charge in [0.25, 0.3) is 0 Å². The highest BCUT2D eigenvalue weighted by atomic mass is 16.4. The summed E-state index contributed by atoms with van der Waals surface area (Å²) in [5.41, 5.74) is 8.17. The first-order chi connectivity index (χ1) is 17.0. The minimum absolute atomic E-state index is 0.0790. The lowest BCUT2D eigenvalue weighted by Gasteiger charge is -2.18. The Morgan fingerprint density at radius 3 is 1.28 bits per heavy atom. The van der Waals surface area contributed by atoms with Gasteiger partial charge in [0.05, 0.1) is 0 Å². The van der Waals surface area contributed by atoms with Gasteiger partial charge >= 0.3 is 0 Å². The Kier molecular flexibility index (Phi) is 5.91. The molecule has 5 aromatic rings. The van der Waals surface area contributed by atoms with E-state index >= 15 is 0 Å². The summed E-state index contributed by atoms with van der Waals surface area (Å²) in [6.45, 7) is 13.2. The van der Waals surface area contributed by atoms with Gasteiger partial charge in [-0.15, -0.1) is 0 Å². The van der Waals surface area contributed by atoms with E-state index in [4.69, 9.17) is 8.83 Å². The lowest BCUT2D eigenvalue weighted by molar-refractivity contribution is 0.584. The van der Waals surface area contributed by atoms with Crippen molar-refractivity contribution in [2.24, 2.45) is 0 Å². The third-order valence-corrected chi connectivity index (χ3v) is 6.31. The fourth-order valence-electron chi connectivity index (χ4n) is 4.02. The van der Waals surface area contributed by atoms with Crippen LogP contribution in [0.5, 0.6) is 0 Å². The molecule has 0 saturated carbocycles. The van der Waals surface area contributed by atoms with Crippen LogP contribution in [0.25, 0.3) is 46.5 Å². The molecule has 0 fully saturated rings. The first-order valence-electron chi connectivity index (χ1n) is 12.3. The van der Waals surface area contributed by atoms with Gasteiger partial charge < -0.3 is 8.83 Å². The fraction of sp³-hybridized carbons (Fsp3) is 0.250. The molecule has 0 atom stereocenters. The van der Waals surface area contributed by atoms with Crippen LogP contribution in [0.3, 0.4) is 0 Å². The van der Waals surface area contributed by atoms with E-state index in [1.807, 2.05) is 36.4 Å². The van der Waals surface area contributed by atoms with Gasteiger partial charge in [0.2, 0.25) is 11.8 Å². The molecule has 36 heavy (non-hydrogen) atoms. The molecule has 2 heterocycles. The Labute approximate surface area is 212 Å². The number of aromatic nitrogens is 2. The second kappa shape index (κ2) is 8.94. The van der Waals surface area contributed by atoms with E-state index in [-0.39, 0.29) is 10.8 Å². The maximum Gasteiger partial charge on any atom is 0.220 e. The van der Waals surface area contributed by atoms with Gasteiger partial charge in [-0.25, -0.2) is 9.97 Å². The van der Waals surface area contributed by atoms with E-state index in [0.29, 0.717) is 11.8 Å². The largest absolute Gasteiger partial charge is 0.437 e. The highest BCUT2D eigenvalue weighted by Gasteiger charge is 2.16. The zero-order valence-electron chi connectivity index (χ0n) is 21.8. The van der Waals surface area contributed by atoms with E-state index in [1.54, 1.807) is 0 Å². The molecular weight excluding hydrogens is 444 g/mol. The highest BCUT2D eigenvalue weighted by molar-refractivity contribution is 5.78. The van der Waals surface area contributed by atoms with Crippen molar-refractivity contribution in [2.75, 3.05) is 0 Å². The van der Waals surface area contributed by atoms with E-state index in [9.17, 15) is 0 Å². The average Bonchev–Trinajstić information content (AvgIpc) is 3.43. The molecule has 2 aromatic heterocycles. The summed E-state index contributed by atoms with van der Waals surface area (Å²) in [5.74, 6) is 1.20. The van der Waals surface area contributed by atoms with Crippen LogP contribution in [0.4, 0.5) is 0 Å². The third-order valence-electron chi connectivity index (χ3n) is 6.31. The first-order valence-corrected chi connectivity index (χ1v) is 12.3. The van der Waals surface area contributed by atoms with Gasteiger partial charge in [0.1, 0.15) is 11.0 Å². The number of rotatable bonds is 4. The zero-order chi connectivity index (χ0) is 25.5. The zero-order valence-corrected chi connectivity index (χ0v) is 21.8. The van der Waals surface area contributed by atoms with Gasteiger partial charge in [-0.3, -0.25) is 0 Å². The number of hydrogen-bond donors (Lipinski definition) is 0. The Morgan fingerprint density at radius 1 is 0.528 bits per heavy atom. The topological polar surface area (TPSA) is 52.1 Å². The first kappa shape index (κ1) is 23.8. The summed E-state index contributed by atoms with van der Waals surface area (Å²) >= 11 is 0. The Morgan fingerprint density at radius 2 is 0.917 bits per heavy atom. The van der Waals surface area contributed by atoms with Crippen molar-refractivity contribution in [1.29, 1.82) is 0 Å². The van der Waals surface area contributed by atoms with Crippen molar-refractivity contribution in [3.05, 3.63) is 94.7 Å². The van der Waals surface area contributed by atoms with Gasteiger partial charge in [0.15, 0.2) is 11.2 Å². The van der Waals surface area contributed by atoms with Crippen molar-refractivity contribution in [1.82, 2.24) is 9.97 Å². The average molecular weight is 477 g/mol. The smallest absolute Gasteiger partial charge is 0.220 e. The maximum atomic E-state index is 5.89. The molecule has 0 aliphatic carbocycles. The van der Waals surface area contributed by atoms with Crippen LogP contribution in [0.15, 0.2) is 69.5 Å². The molecule has 4 heteroatoms. The van der Waals surface area contributed by atoms with Gasteiger partial charge in [-0.05, 0) is 69.5 Å². The van der Waals surface area contributed by atoms with Crippen LogP contribution in [0.1, 0.15) is 75.6 Å². The molecule has 182 valence electrons. The summed E-state index contributed by atoms with van der Waals surface area (Å²) in [5, 5.41) is 0. The number of benzene rings is 3. The molecule has 0 amide bonds. The monoisotopic (exact) mass is 476 g/mol. The normalized spacial score (nSPS) is 13.1. The molecule has 0 N–H and O–H groups in total. The summed E-state index contributed by atoms with van der Waals surface area (Å²) < 4.78 is 11.8. The molecule has 5 rings (SSSR count). The van der Waals surface area contributed by atoms with Gasteiger partial charge in [-0.2, -0.15) is 0 Å². The van der Waals surface area contributed by atoms with Crippen LogP contribution in [-0.2, 0) is 10.8 Å². The van der Waals surface area contributed by atoms with E-state index < -0.39 is 0 Å². The van der Waals surface area contributed by atoms with Gasteiger partial charge in [-0.1, -0.05) is 77.9 Å². The Bertz CT molecular complexity index is 1460. The lowest BCUT2D eigenvalue weighted by Crippen LogP contribution is -2.10. The maximum absolute atomic E-state index is 5.89. The predicted octanol–water partition coefficient (Wildman–Crippen LogP) is 8.90. The molecule has 0 bridgehead atoms. The summed E-state index contributed by atoms with van der Waals surface area (Å²) in [6, 6.07) is 20.7. The number of hydrogen-bond acceptors (Lipinski definition) is 4. The van der Waals surface area contributed by atoms with Gasteiger partial charge in [0, 0.05) is 12.2 Å². The molecule has 0 aliphatic rings. The van der Waals surface area contributed by atoms with Crippen LogP contribution in [0.2, 0.25) is 0 Å². The lowest BCUT2D eigenvalue weighted by atomic mass is 9.87. The molecule has 0 aliphatic heterocycles. The quantitative estimate of drug-likeness (QED) is 0.260. The number of oxazole rings is 2. The molecule has 0 radical (unpaired) electrons. The minimum Gasteiger partial charge on any atom is -0.437 e. The highest BCUT2D eigenvalue weighted by Crippen LogP contribution is 2.28. The van der Waals surface area contributed by atoms with Crippen molar-refractivity contribution in [2.45, 2.75) is 52.4 Å². The van der Waals surface area contributed by atoms with Crippen molar-refractivity contribution < 1.29 is 8.83 Å². The van der Waals surface area contributed by atoms with E-state index in [1.165, 1.54) is 11.1 Å². The van der Waals surface area contributed by atoms with Crippen LogP contribution in [-0.4, -0.2) is 9.97 Å². The van der Waals surface area contributed by atoms with Crippen molar-refractivity contribution in [3.63, 3.8) is 0 Å². The molecule has 0 spiro atoms. The molecule has 3 aromatic carbocycles. The summed E-state index contributed by atoms with van der Waals surface area (Å²) in [6.07, 6.45) is 7.84. The minimum atomic E-state index is 0.0790. The molecule has 0 saturated heterocycles. The van der Waals surface area contributed by atoms with Crippen molar-refractivity contribution in [3.8, 4) is 0 Å². The Balaban J connectivity index is 1.28. The number of nitrogens with zero attached hydrogens (tertiary/aromatic N) is 2. The molecular formula is C32H32N2O2. The summed E-state index contributed by atoms with van der Waals surface area (Å²) in [7, 11) is 0. The standard InChI is InChI=1S/C32H32N2O2/c1-31(2,3)23-13-15-27-25(19-23)33-29(35-27)17-11-21-7-9-22(10-8-21)12-18-30-34-26-20-24(32(4,5)6)14-16-28(26)36-30/h7-20H,1-6H3/b17-11-,18-12-. The third kappa shape index (κ3) is 5.18. The van der Waals surface area contributed by atoms with E-state index in [0.717, 1.165) is 33.3 Å². The Hall–Kier alpha value is -3.92. The predicted molar refractivity (Wildman–Crippen MR) is 150 cm³/mol. The molecule has 4 nitrogen and oxygen atoms in total. The molecule has 0 unspecified atom stereocenters. The van der Waals surface area contributed by atoms with Crippen molar-refractivity contribution >= 4 is 46.5 Å². The van der Waals surface area contributed by atoms with E-state index in [2.05, 4.69) is 100 Å². The summed E-state index contributed by atoms with van der Waals surface area (Å²) in [4.78, 5) is 9.27.